The second-order valence-corrected chi connectivity index (χ2v) is 8.51. The van der Waals surface area contributed by atoms with Crippen molar-refractivity contribution in [3.8, 4) is 5.75 Å². The molecule has 0 spiro atoms. The molecule has 0 aromatic heterocycles. The number of rotatable bonds is 5. The van der Waals surface area contributed by atoms with Crippen LogP contribution in [0.5, 0.6) is 5.75 Å². The number of hydrogen-bond donors (Lipinski definition) is 0. The second kappa shape index (κ2) is 8.31. The van der Waals surface area contributed by atoms with Crippen LogP contribution in [0.3, 0.4) is 0 Å². The first-order valence-electron chi connectivity index (χ1n) is 8.60. The minimum atomic E-state index is -0.260. The van der Waals surface area contributed by atoms with Gasteiger partial charge in [0.1, 0.15) is 12.4 Å². The number of carbonyl (C=O) groups excluding carboxylic acids is 2. The highest BCUT2D eigenvalue weighted by molar-refractivity contribution is 9.10. The third kappa shape index (κ3) is 4.62. The van der Waals surface area contributed by atoms with Gasteiger partial charge in [-0.3, -0.25) is 14.5 Å². The highest BCUT2D eigenvalue weighted by Crippen LogP contribution is 2.36. The number of imide groups is 1. The van der Waals surface area contributed by atoms with Gasteiger partial charge in [-0.2, -0.15) is 0 Å². The van der Waals surface area contributed by atoms with E-state index in [0.29, 0.717) is 17.3 Å². The van der Waals surface area contributed by atoms with Gasteiger partial charge in [0.05, 0.1) is 4.91 Å². The molecule has 1 heterocycles. The Bertz CT molecular complexity index is 923. The molecular weight excluding hydrogens is 426 g/mol. The van der Waals surface area contributed by atoms with Gasteiger partial charge in [0.2, 0.25) is 0 Å². The molecule has 0 aliphatic carbocycles. The van der Waals surface area contributed by atoms with E-state index in [1.807, 2.05) is 57.2 Å². The predicted molar refractivity (Wildman–Crippen MR) is 113 cm³/mol. The first kappa shape index (κ1) is 19.7. The van der Waals surface area contributed by atoms with Crippen molar-refractivity contribution < 1.29 is 14.3 Å². The van der Waals surface area contributed by atoms with Crippen molar-refractivity contribution in [3.63, 3.8) is 0 Å². The highest BCUT2D eigenvalue weighted by Gasteiger charge is 2.36. The van der Waals surface area contributed by atoms with Gasteiger partial charge >= 0.3 is 0 Å². The lowest BCUT2D eigenvalue weighted by atomic mass is 10.1. The van der Waals surface area contributed by atoms with Gasteiger partial charge in [0, 0.05) is 16.1 Å². The van der Waals surface area contributed by atoms with E-state index in [-0.39, 0.29) is 17.2 Å². The second-order valence-electron chi connectivity index (χ2n) is 6.61. The zero-order valence-corrected chi connectivity index (χ0v) is 17.8. The number of aryl methyl sites for hydroxylation is 1. The van der Waals surface area contributed by atoms with Crippen molar-refractivity contribution in [3.05, 3.63) is 68.5 Å². The van der Waals surface area contributed by atoms with Gasteiger partial charge in [-0.1, -0.05) is 45.8 Å². The standard InChI is InChI=1S/C21H20BrNO3S/c1-13(2)23-20(24)19(27-21(23)25)11-16-10-17(22)7-8-18(16)26-12-15-6-4-5-14(3)9-15/h4-11,13H,12H2,1-3H3/b19-11+. The molecule has 140 valence electrons. The summed E-state index contributed by atoms with van der Waals surface area (Å²) in [6.07, 6.45) is 1.73. The summed E-state index contributed by atoms with van der Waals surface area (Å²) in [4.78, 5) is 26.3. The number of ether oxygens (including phenoxy) is 1. The van der Waals surface area contributed by atoms with Gasteiger partial charge in [0.15, 0.2) is 0 Å². The molecule has 0 saturated carbocycles. The van der Waals surface area contributed by atoms with Crippen molar-refractivity contribution >= 4 is 44.9 Å². The zero-order valence-electron chi connectivity index (χ0n) is 15.4. The maximum Gasteiger partial charge on any atom is 0.293 e. The Balaban J connectivity index is 1.86. The van der Waals surface area contributed by atoms with Crippen LogP contribution in [-0.2, 0) is 11.4 Å². The van der Waals surface area contributed by atoms with Crippen LogP contribution >= 0.6 is 27.7 Å². The van der Waals surface area contributed by atoms with E-state index in [2.05, 4.69) is 22.0 Å². The lowest BCUT2D eigenvalue weighted by molar-refractivity contribution is -0.123. The molecular formula is C21H20BrNO3S. The summed E-state index contributed by atoms with van der Waals surface area (Å²) in [6, 6.07) is 13.6. The molecule has 0 N–H and O–H groups in total. The van der Waals surface area contributed by atoms with Crippen LogP contribution in [-0.4, -0.2) is 22.1 Å². The average molecular weight is 446 g/mol. The molecule has 0 atom stereocenters. The van der Waals surface area contributed by atoms with Crippen molar-refractivity contribution in [1.29, 1.82) is 0 Å². The summed E-state index contributed by atoms with van der Waals surface area (Å²) in [5.74, 6) is 0.403. The Morgan fingerprint density at radius 2 is 1.96 bits per heavy atom. The van der Waals surface area contributed by atoms with Gasteiger partial charge in [-0.15, -0.1) is 0 Å². The van der Waals surface area contributed by atoms with Crippen LogP contribution < -0.4 is 4.74 Å². The van der Waals surface area contributed by atoms with E-state index in [9.17, 15) is 9.59 Å². The molecule has 3 rings (SSSR count). The summed E-state index contributed by atoms with van der Waals surface area (Å²) in [7, 11) is 0. The predicted octanol–water partition coefficient (Wildman–Crippen LogP) is 5.78. The van der Waals surface area contributed by atoms with E-state index in [1.54, 1.807) is 6.08 Å². The molecule has 2 amide bonds. The molecule has 0 radical (unpaired) electrons. The number of halogens is 1. The molecule has 1 aliphatic heterocycles. The number of thioether (sulfide) groups is 1. The molecule has 1 aliphatic rings. The summed E-state index contributed by atoms with van der Waals surface area (Å²) in [5, 5.41) is -0.238. The number of nitrogens with zero attached hydrogens (tertiary/aromatic N) is 1. The number of carbonyl (C=O) groups is 2. The number of hydrogen-bond acceptors (Lipinski definition) is 4. The Hall–Kier alpha value is -2.05. The molecule has 27 heavy (non-hydrogen) atoms. The average Bonchev–Trinajstić information content (AvgIpc) is 2.88. The first-order chi connectivity index (χ1) is 12.8. The molecule has 1 saturated heterocycles. The van der Waals surface area contributed by atoms with Gasteiger partial charge in [0.25, 0.3) is 11.1 Å². The molecule has 0 unspecified atom stereocenters. The third-order valence-electron chi connectivity index (χ3n) is 4.08. The number of benzene rings is 2. The summed E-state index contributed by atoms with van der Waals surface area (Å²) >= 11 is 4.42. The monoisotopic (exact) mass is 445 g/mol. The Labute approximate surface area is 171 Å². The number of amides is 2. The quantitative estimate of drug-likeness (QED) is 0.547. The molecule has 2 aromatic rings. The van der Waals surface area contributed by atoms with Crippen LogP contribution in [0.2, 0.25) is 0 Å². The summed E-state index contributed by atoms with van der Waals surface area (Å²) in [6.45, 7) is 6.13. The van der Waals surface area contributed by atoms with E-state index in [4.69, 9.17) is 4.74 Å². The zero-order chi connectivity index (χ0) is 19.6. The van der Waals surface area contributed by atoms with E-state index in [0.717, 1.165) is 27.4 Å². The lowest BCUT2D eigenvalue weighted by Gasteiger charge is -2.16. The van der Waals surface area contributed by atoms with Crippen molar-refractivity contribution in [2.24, 2.45) is 0 Å². The largest absolute Gasteiger partial charge is 0.488 e. The van der Waals surface area contributed by atoms with E-state index < -0.39 is 0 Å². The van der Waals surface area contributed by atoms with Gasteiger partial charge in [-0.05, 0) is 62.4 Å². The van der Waals surface area contributed by atoms with Crippen LogP contribution in [0, 0.1) is 6.92 Å². The van der Waals surface area contributed by atoms with E-state index in [1.165, 1.54) is 10.5 Å². The molecule has 2 aromatic carbocycles. The fraction of sp³-hybridized carbons (Fsp3) is 0.238. The van der Waals surface area contributed by atoms with Crippen molar-refractivity contribution in [2.75, 3.05) is 0 Å². The summed E-state index contributed by atoms with van der Waals surface area (Å²) < 4.78 is 6.87. The minimum absolute atomic E-state index is 0.164. The fourth-order valence-electron chi connectivity index (χ4n) is 2.79. The van der Waals surface area contributed by atoms with Gasteiger partial charge in [-0.25, -0.2) is 0 Å². The maximum atomic E-state index is 12.5. The van der Waals surface area contributed by atoms with Crippen molar-refractivity contribution in [2.45, 2.75) is 33.4 Å². The third-order valence-corrected chi connectivity index (χ3v) is 5.45. The van der Waals surface area contributed by atoms with Crippen LogP contribution in [0.4, 0.5) is 4.79 Å². The molecule has 6 heteroatoms. The smallest absolute Gasteiger partial charge is 0.293 e. The maximum absolute atomic E-state index is 12.5. The summed E-state index contributed by atoms with van der Waals surface area (Å²) in [5.41, 5.74) is 3.00. The normalized spacial score (nSPS) is 15.9. The van der Waals surface area contributed by atoms with E-state index >= 15 is 0 Å². The molecule has 4 nitrogen and oxygen atoms in total. The van der Waals surface area contributed by atoms with Gasteiger partial charge < -0.3 is 4.74 Å². The van der Waals surface area contributed by atoms with Crippen molar-refractivity contribution in [1.82, 2.24) is 4.90 Å². The highest BCUT2D eigenvalue weighted by atomic mass is 79.9. The topological polar surface area (TPSA) is 46.6 Å². The Morgan fingerprint density at radius 3 is 2.63 bits per heavy atom. The SMILES string of the molecule is Cc1cccc(COc2ccc(Br)cc2/C=C2/SC(=O)N(C(C)C)C2=O)c1. The van der Waals surface area contributed by atoms with Crippen LogP contribution in [0.1, 0.15) is 30.5 Å². The first-order valence-corrected chi connectivity index (χ1v) is 10.2. The van der Waals surface area contributed by atoms with Crippen LogP contribution in [0.15, 0.2) is 51.8 Å². The van der Waals surface area contributed by atoms with Crippen LogP contribution in [0.25, 0.3) is 6.08 Å². The fourth-order valence-corrected chi connectivity index (χ4v) is 4.12. The Morgan fingerprint density at radius 1 is 1.19 bits per heavy atom. The molecule has 0 bridgehead atoms. The minimum Gasteiger partial charge on any atom is -0.488 e. The Kier molecular flexibility index (Phi) is 6.07. The molecule has 1 fully saturated rings. The lowest BCUT2D eigenvalue weighted by Crippen LogP contribution is -2.34.